The lowest BCUT2D eigenvalue weighted by Gasteiger charge is -2.20. The number of ether oxygens (including phenoxy) is 1. The van der Waals surface area contributed by atoms with E-state index < -0.39 is 0 Å². The van der Waals surface area contributed by atoms with Gasteiger partial charge in [0.1, 0.15) is 5.75 Å². The van der Waals surface area contributed by atoms with E-state index in [-0.39, 0.29) is 11.7 Å². The van der Waals surface area contributed by atoms with Crippen LogP contribution in [0.2, 0.25) is 0 Å². The molecule has 1 fully saturated rings. The first-order chi connectivity index (χ1) is 8.18. The third kappa shape index (κ3) is 2.68. The van der Waals surface area contributed by atoms with E-state index in [2.05, 4.69) is 0 Å². The number of carbonyl (C=O) groups is 1. The van der Waals surface area contributed by atoms with E-state index in [0.717, 1.165) is 6.42 Å². The van der Waals surface area contributed by atoms with Crippen LogP contribution >= 0.6 is 0 Å². The maximum absolute atomic E-state index is 12.2. The third-order valence-electron chi connectivity index (χ3n) is 2.78. The van der Waals surface area contributed by atoms with E-state index in [1.165, 1.54) is 18.2 Å². The maximum Gasteiger partial charge on any atom is 0.256 e. The summed E-state index contributed by atoms with van der Waals surface area (Å²) in [6, 6.07) is 4.41. The van der Waals surface area contributed by atoms with Crippen LogP contribution < -0.4 is 5.73 Å². The molecule has 5 heteroatoms. The molecule has 5 nitrogen and oxygen atoms in total. The van der Waals surface area contributed by atoms with Gasteiger partial charge in [0.25, 0.3) is 5.91 Å². The first-order valence-corrected chi connectivity index (χ1v) is 5.64. The Kier molecular flexibility index (Phi) is 3.49. The summed E-state index contributed by atoms with van der Waals surface area (Å²) in [5, 5.41) is 9.39. The fraction of sp³-hybridized carbons (Fsp3) is 0.417. The Morgan fingerprint density at radius 2 is 2.18 bits per heavy atom. The van der Waals surface area contributed by atoms with Crippen molar-refractivity contribution in [2.75, 3.05) is 32.0 Å². The zero-order chi connectivity index (χ0) is 12.3. The predicted molar refractivity (Wildman–Crippen MR) is 63.9 cm³/mol. The molecular formula is C12H16N2O3. The maximum atomic E-state index is 12.2. The largest absolute Gasteiger partial charge is 0.508 e. The van der Waals surface area contributed by atoms with Gasteiger partial charge in [0.2, 0.25) is 0 Å². The quantitative estimate of drug-likeness (QED) is 0.559. The molecule has 1 aliphatic heterocycles. The van der Waals surface area contributed by atoms with Crippen LogP contribution in [-0.4, -0.2) is 42.2 Å². The highest BCUT2D eigenvalue weighted by Gasteiger charge is 2.19. The second-order valence-corrected chi connectivity index (χ2v) is 4.03. The molecule has 2 rings (SSSR count). The molecule has 1 amide bonds. The van der Waals surface area contributed by atoms with Crippen molar-refractivity contribution in [2.45, 2.75) is 6.42 Å². The molecule has 0 radical (unpaired) electrons. The molecule has 0 unspecified atom stereocenters. The van der Waals surface area contributed by atoms with E-state index in [1.807, 2.05) is 0 Å². The molecule has 92 valence electrons. The number of phenols is 1. The van der Waals surface area contributed by atoms with Crippen molar-refractivity contribution in [2.24, 2.45) is 0 Å². The summed E-state index contributed by atoms with van der Waals surface area (Å²) in [6.45, 7) is 2.45. The summed E-state index contributed by atoms with van der Waals surface area (Å²) < 4.78 is 5.29. The lowest BCUT2D eigenvalue weighted by molar-refractivity contribution is 0.0742. The SMILES string of the molecule is Nc1ccc(O)cc1C(=O)N1CCCOCC1. The average molecular weight is 236 g/mol. The van der Waals surface area contributed by atoms with Crippen LogP contribution in [0.1, 0.15) is 16.8 Å². The Morgan fingerprint density at radius 3 is 3.00 bits per heavy atom. The number of nitrogen functional groups attached to an aromatic ring is 1. The molecule has 0 aromatic heterocycles. The van der Waals surface area contributed by atoms with Crippen molar-refractivity contribution >= 4 is 11.6 Å². The summed E-state index contributed by atoms with van der Waals surface area (Å²) in [7, 11) is 0. The van der Waals surface area contributed by atoms with Gasteiger partial charge in [-0.25, -0.2) is 0 Å². The molecule has 1 aliphatic rings. The van der Waals surface area contributed by atoms with Crippen molar-refractivity contribution in [3.05, 3.63) is 23.8 Å². The Balaban J connectivity index is 2.20. The van der Waals surface area contributed by atoms with E-state index in [4.69, 9.17) is 10.5 Å². The lowest BCUT2D eigenvalue weighted by atomic mass is 10.1. The minimum absolute atomic E-state index is 0.0496. The molecule has 0 atom stereocenters. The standard InChI is InChI=1S/C12H16N2O3/c13-11-3-2-9(15)8-10(11)12(16)14-4-1-6-17-7-5-14/h2-3,8,15H,1,4-7,13H2. The minimum Gasteiger partial charge on any atom is -0.508 e. The Labute approximate surface area is 99.8 Å². The third-order valence-corrected chi connectivity index (χ3v) is 2.78. The van der Waals surface area contributed by atoms with Gasteiger partial charge in [0.05, 0.1) is 12.2 Å². The fourth-order valence-electron chi connectivity index (χ4n) is 1.85. The molecule has 1 aromatic carbocycles. The molecule has 0 saturated carbocycles. The van der Waals surface area contributed by atoms with Gasteiger partial charge >= 0.3 is 0 Å². The topological polar surface area (TPSA) is 75.8 Å². The minimum atomic E-state index is -0.149. The first-order valence-electron chi connectivity index (χ1n) is 5.64. The zero-order valence-corrected chi connectivity index (χ0v) is 9.56. The summed E-state index contributed by atoms with van der Waals surface area (Å²) in [6.07, 6.45) is 0.824. The highest BCUT2D eigenvalue weighted by Crippen LogP contribution is 2.20. The lowest BCUT2D eigenvalue weighted by Crippen LogP contribution is -2.33. The zero-order valence-electron chi connectivity index (χ0n) is 9.56. The van der Waals surface area contributed by atoms with Crippen LogP contribution in [0.15, 0.2) is 18.2 Å². The highest BCUT2D eigenvalue weighted by molar-refractivity contribution is 5.99. The van der Waals surface area contributed by atoms with Crippen molar-refractivity contribution in [3.8, 4) is 5.75 Å². The monoisotopic (exact) mass is 236 g/mol. The number of anilines is 1. The average Bonchev–Trinajstić information content (AvgIpc) is 2.60. The summed E-state index contributed by atoms with van der Waals surface area (Å²) in [5.41, 5.74) is 6.49. The van der Waals surface area contributed by atoms with Crippen LogP contribution in [0.3, 0.4) is 0 Å². The van der Waals surface area contributed by atoms with Crippen molar-refractivity contribution < 1.29 is 14.6 Å². The van der Waals surface area contributed by atoms with Crippen LogP contribution in [-0.2, 0) is 4.74 Å². The molecule has 17 heavy (non-hydrogen) atoms. The van der Waals surface area contributed by atoms with Gasteiger partial charge < -0.3 is 20.5 Å². The van der Waals surface area contributed by atoms with Gasteiger partial charge in [-0.05, 0) is 24.6 Å². The van der Waals surface area contributed by atoms with Gasteiger partial charge in [-0.15, -0.1) is 0 Å². The number of amides is 1. The molecule has 0 spiro atoms. The van der Waals surface area contributed by atoms with E-state index in [1.54, 1.807) is 4.90 Å². The number of phenolic OH excluding ortho intramolecular Hbond substituents is 1. The molecule has 3 N–H and O–H groups in total. The predicted octanol–water partition coefficient (Wildman–Crippen LogP) is 0.837. The highest BCUT2D eigenvalue weighted by atomic mass is 16.5. The molecule has 1 saturated heterocycles. The molecular weight excluding hydrogens is 220 g/mol. The Morgan fingerprint density at radius 1 is 1.35 bits per heavy atom. The second kappa shape index (κ2) is 5.05. The number of hydrogen-bond acceptors (Lipinski definition) is 4. The molecule has 0 bridgehead atoms. The molecule has 1 aromatic rings. The van der Waals surface area contributed by atoms with Crippen LogP contribution in [0.4, 0.5) is 5.69 Å². The number of carbonyl (C=O) groups excluding carboxylic acids is 1. The van der Waals surface area contributed by atoms with Crippen LogP contribution in [0.25, 0.3) is 0 Å². The Hall–Kier alpha value is -1.75. The van der Waals surface area contributed by atoms with Crippen LogP contribution in [0, 0.1) is 0 Å². The second-order valence-electron chi connectivity index (χ2n) is 4.03. The van der Waals surface area contributed by atoms with Gasteiger partial charge in [-0.2, -0.15) is 0 Å². The van der Waals surface area contributed by atoms with Gasteiger partial charge in [-0.1, -0.05) is 0 Å². The van der Waals surface area contributed by atoms with Crippen molar-refractivity contribution in [1.29, 1.82) is 0 Å². The summed E-state index contributed by atoms with van der Waals surface area (Å²) in [4.78, 5) is 13.9. The number of nitrogens with zero attached hydrogens (tertiary/aromatic N) is 1. The normalized spacial score (nSPS) is 16.6. The van der Waals surface area contributed by atoms with Gasteiger partial charge in [0, 0.05) is 25.4 Å². The van der Waals surface area contributed by atoms with Crippen molar-refractivity contribution in [3.63, 3.8) is 0 Å². The first kappa shape index (κ1) is 11.7. The number of rotatable bonds is 1. The fourth-order valence-corrected chi connectivity index (χ4v) is 1.85. The van der Waals surface area contributed by atoms with Gasteiger partial charge in [-0.3, -0.25) is 4.79 Å². The Bertz CT molecular complexity index is 412. The smallest absolute Gasteiger partial charge is 0.256 e. The van der Waals surface area contributed by atoms with E-state index in [9.17, 15) is 9.90 Å². The number of hydrogen-bond donors (Lipinski definition) is 2. The molecule has 0 aliphatic carbocycles. The number of nitrogens with two attached hydrogens (primary N) is 1. The van der Waals surface area contributed by atoms with Gasteiger partial charge in [0.15, 0.2) is 0 Å². The van der Waals surface area contributed by atoms with Crippen molar-refractivity contribution in [1.82, 2.24) is 4.90 Å². The summed E-state index contributed by atoms with van der Waals surface area (Å²) in [5.74, 6) is -0.0995. The number of benzene rings is 1. The van der Waals surface area contributed by atoms with Crippen LogP contribution in [0.5, 0.6) is 5.75 Å². The van der Waals surface area contributed by atoms with E-state index >= 15 is 0 Å². The summed E-state index contributed by atoms with van der Waals surface area (Å²) >= 11 is 0. The molecule has 1 heterocycles. The number of aromatic hydroxyl groups is 1. The van der Waals surface area contributed by atoms with E-state index in [0.29, 0.717) is 37.6 Å².